The second-order valence-electron chi connectivity index (χ2n) is 8.67. The molecule has 0 aliphatic heterocycles. The van der Waals surface area contributed by atoms with Crippen molar-refractivity contribution < 1.29 is 9.13 Å². The number of nitrogens with zero attached hydrogens (tertiary/aromatic N) is 3. The van der Waals surface area contributed by atoms with E-state index in [2.05, 4.69) is 15.6 Å². The lowest BCUT2D eigenvalue weighted by Gasteiger charge is -2.12. The molecule has 0 aliphatic rings. The van der Waals surface area contributed by atoms with Gasteiger partial charge < -0.3 is 9.30 Å². The fourth-order valence-corrected chi connectivity index (χ4v) is 5.53. The molecule has 5 nitrogen and oxygen atoms in total. The molecule has 0 aliphatic carbocycles. The van der Waals surface area contributed by atoms with Gasteiger partial charge in [0.1, 0.15) is 18.2 Å². The highest BCUT2D eigenvalue weighted by atomic mass is 32.1. The lowest BCUT2D eigenvalue weighted by Crippen LogP contribution is -2.22. The molecule has 6 rings (SSSR count). The first-order valence-electron chi connectivity index (χ1n) is 11.6. The van der Waals surface area contributed by atoms with Crippen molar-refractivity contribution >= 4 is 33.4 Å². The fourth-order valence-electron chi connectivity index (χ4n) is 4.55. The molecular formula is C29H22FN3O2S. The minimum atomic E-state index is -0.273. The topological polar surface area (TPSA) is 48.5 Å². The quantitative estimate of drug-likeness (QED) is 0.314. The standard InChI is InChI=1S/C29H22FN3O2S/c1-18-15-21(16-27-28(34)33-26-10-6-5-9-25(26)31-29(33)36-27)19(2)32(18)22-11-13-23(14-12-22)35-17-20-7-3-4-8-24(20)30/h3-16H,17H2,1-2H3/b27-16-. The highest BCUT2D eigenvalue weighted by Crippen LogP contribution is 2.24. The van der Waals surface area contributed by atoms with Crippen molar-refractivity contribution in [3.63, 3.8) is 0 Å². The monoisotopic (exact) mass is 495 g/mol. The summed E-state index contributed by atoms with van der Waals surface area (Å²) in [6.07, 6.45) is 1.95. The van der Waals surface area contributed by atoms with Gasteiger partial charge >= 0.3 is 0 Å². The Morgan fingerprint density at radius 3 is 2.56 bits per heavy atom. The van der Waals surface area contributed by atoms with Gasteiger partial charge in [0.2, 0.25) is 0 Å². The summed E-state index contributed by atoms with van der Waals surface area (Å²) in [5, 5.41) is 0. The summed E-state index contributed by atoms with van der Waals surface area (Å²) in [6, 6.07) is 24.1. The Bertz CT molecular complexity index is 1850. The molecule has 0 atom stereocenters. The normalized spacial score (nSPS) is 12.1. The Kier molecular flexibility index (Phi) is 5.42. The SMILES string of the molecule is Cc1cc(/C=c2\sc3nc4ccccc4n3c2=O)c(C)n1-c1ccc(OCc2ccccc2F)cc1. The molecule has 0 fully saturated rings. The summed E-state index contributed by atoms with van der Waals surface area (Å²) >= 11 is 1.40. The van der Waals surface area contributed by atoms with Gasteiger partial charge in [-0.05, 0) is 74.0 Å². The van der Waals surface area contributed by atoms with Gasteiger partial charge in [0.25, 0.3) is 5.56 Å². The van der Waals surface area contributed by atoms with Crippen LogP contribution < -0.4 is 14.8 Å². The van der Waals surface area contributed by atoms with Crippen molar-refractivity contribution in [2.24, 2.45) is 0 Å². The van der Waals surface area contributed by atoms with E-state index in [-0.39, 0.29) is 18.0 Å². The number of aromatic nitrogens is 3. The largest absolute Gasteiger partial charge is 0.489 e. The number of thiazole rings is 1. The molecule has 6 aromatic rings. The van der Waals surface area contributed by atoms with Gasteiger partial charge in [-0.25, -0.2) is 13.8 Å². The molecule has 0 saturated heterocycles. The second-order valence-corrected chi connectivity index (χ2v) is 9.68. The van der Waals surface area contributed by atoms with Crippen molar-refractivity contribution in [3.8, 4) is 11.4 Å². The van der Waals surface area contributed by atoms with Gasteiger partial charge in [-0.3, -0.25) is 4.79 Å². The Hall–Kier alpha value is -4.23. The Morgan fingerprint density at radius 2 is 1.75 bits per heavy atom. The Balaban J connectivity index is 1.31. The second kappa shape index (κ2) is 8.77. The number of ether oxygens (including phenoxy) is 1. The highest BCUT2D eigenvalue weighted by Gasteiger charge is 2.13. The van der Waals surface area contributed by atoms with Crippen molar-refractivity contribution in [2.45, 2.75) is 20.5 Å². The molecule has 0 spiro atoms. The van der Waals surface area contributed by atoms with Crippen LogP contribution in [0.3, 0.4) is 0 Å². The zero-order valence-electron chi connectivity index (χ0n) is 19.7. The predicted octanol–water partition coefficient (Wildman–Crippen LogP) is 5.58. The van der Waals surface area contributed by atoms with E-state index in [4.69, 9.17) is 4.74 Å². The third-order valence-corrected chi connectivity index (χ3v) is 7.32. The van der Waals surface area contributed by atoms with E-state index in [9.17, 15) is 9.18 Å². The smallest absolute Gasteiger partial charge is 0.274 e. The van der Waals surface area contributed by atoms with Gasteiger partial charge in [-0.1, -0.05) is 41.7 Å². The number of imidazole rings is 1. The maximum atomic E-state index is 13.9. The molecule has 0 N–H and O–H groups in total. The average Bonchev–Trinajstić information content (AvgIpc) is 3.49. The summed E-state index contributed by atoms with van der Waals surface area (Å²) < 4.78 is 24.1. The summed E-state index contributed by atoms with van der Waals surface area (Å²) in [7, 11) is 0. The van der Waals surface area contributed by atoms with Crippen LogP contribution in [0.25, 0.3) is 27.8 Å². The number of hydrogen-bond acceptors (Lipinski definition) is 4. The average molecular weight is 496 g/mol. The minimum Gasteiger partial charge on any atom is -0.489 e. The van der Waals surface area contributed by atoms with Gasteiger partial charge in [0.05, 0.1) is 15.6 Å². The van der Waals surface area contributed by atoms with Crippen LogP contribution in [0.15, 0.2) is 83.7 Å². The van der Waals surface area contributed by atoms with Crippen molar-refractivity contribution in [1.82, 2.24) is 14.0 Å². The molecule has 0 amide bonds. The van der Waals surface area contributed by atoms with Gasteiger partial charge in [-0.15, -0.1) is 0 Å². The number of para-hydroxylation sites is 2. The van der Waals surface area contributed by atoms with E-state index in [1.54, 1.807) is 22.6 Å². The van der Waals surface area contributed by atoms with Crippen molar-refractivity contribution in [1.29, 1.82) is 0 Å². The molecule has 0 saturated carbocycles. The van der Waals surface area contributed by atoms with E-state index in [1.807, 2.05) is 68.5 Å². The van der Waals surface area contributed by atoms with Crippen molar-refractivity contribution in [3.05, 3.63) is 122 Å². The third-order valence-electron chi connectivity index (χ3n) is 6.35. The van der Waals surface area contributed by atoms with Crippen LogP contribution >= 0.6 is 11.3 Å². The first kappa shape index (κ1) is 22.2. The van der Waals surface area contributed by atoms with E-state index in [0.29, 0.717) is 20.8 Å². The third kappa shape index (κ3) is 3.78. The number of aryl methyl sites for hydroxylation is 1. The molecule has 0 unspecified atom stereocenters. The Morgan fingerprint density at radius 1 is 1.00 bits per heavy atom. The van der Waals surface area contributed by atoms with E-state index < -0.39 is 0 Å². The molecule has 36 heavy (non-hydrogen) atoms. The van der Waals surface area contributed by atoms with Crippen LogP contribution in [0, 0.1) is 19.7 Å². The van der Waals surface area contributed by atoms with Gasteiger partial charge in [0, 0.05) is 22.6 Å². The number of rotatable bonds is 5. The molecule has 178 valence electrons. The zero-order chi connectivity index (χ0) is 24.8. The zero-order valence-corrected chi connectivity index (χ0v) is 20.6. The number of hydrogen-bond donors (Lipinski definition) is 0. The minimum absolute atomic E-state index is 0.0511. The Labute approximate surface area is 210 Å². The van der Waals surface area contributed by atoms with Gasteiger partial charge in [-0.2, -0.15) is 0 Å². The number of fused-ring (bicyclic) bond motifs is 3. The van der Waals surface area contributed by atoms with Crippen LogP contribution in [0.4, 0.5) is 4.39 Å². The fraction of sp³-hybridized carbons (Fsp3) is 0.103. The van der Waals surface area contributed by atoms with Crippen LogP contribution in [0.2, 0.25) is 0 Å². The molecule has 3 aromatic carbocycles. The lowest BCUT2D eigenvalue weighted by molar-refractivity contribution is 0.300. The van der Waals surface area contributed by atoms with E-state index in [1.165, 1.54) is 17.4 Å². The van der Waals surface area contributed by atoms with Crippen LogP contribution in [-0.4, -0.2) is 14.0 Å². The molecule has 3 aromatic heterocycles. The summed E-state index contributed by atoms with van der Waals surface area (Å²) in [4.78, 5) is 18.5. The molecule has 7 heteroatoms. The molecule has 0 bridgehead atoms. The first-order chi connectivity index (χ1) is 17.5. The van der Waals surface area contributed by atoms with Crippen LogP contribution in [-0.2, 0) is 6.61 Å². The summed E-state index contributed by atoms with van der Waals surface area (Å²) in [5.74, 6) is 0.395. The molecule has 0 radical (unpaired) electrons. The first-order valence-corrected chi connectivity index (χ1v) is 12.4. The van der Waals surface area contributed by atoms with E-state index in [0.717, 1.165) is 33.7 Å². The maximum Gasteiger partial charge on any atom is 0.274 e. The molecular weight excluding hydrogens is 473 g/mol. The molecule has 3 heterocycles. The predicted molar refractivity (Wildman–Crippen MR) is 142 cm³/mol. The van der Waals surface area contributed by atoms with E-state index >= 15 is 0 Å². The van der Waals surface area contributed by atoms with Crippen LogP contribution in [0.1, 0.15) is 22.5 Å². The summed E-state index contributed by atoms with van der Waals surface area (Å²) in [6.45, 7) is 4.25. The van der Waals surface area contributed by atoms with Gasteiger partial charge in [0.15, 0.2) is 4.96 Å². The summed E-state index contributed by atoms with van der Waals surface area (Å²) in [5.41, 5.74) is 6.18. The number of halogens is 1. The number of benzene rings is 3. The highest BCUT2D eigenvalue weighted by molar-refractivity contribution is 7.15. The van der Waals surface area contributed by atoms with Crippen molar-refractivity contribution in [2.75, 3.05) is 0 Å². The maximum absolute atomic E-state index is 13.9. The lowest BCUT2D eigenvalue weighted by atomic mass is 10.2. The van der Waals surface area contributed by atoms with Crippen LogP contribution in [0.5, 0.6) is 5.75 Å².